The predicted molar refractivity (Wildman–Crippen MR) is 65.7 cm³/mol. The van der Waals surface area contributed by atoms with E-state index >= 15 is 0 Å². The summed E-state index contributed by atoms with van der Waals surface area (Å²) in [6.07, 6.45) is 0. The van der Waals surface area contributed by atoms with E-state index in [1.165, 1.54) is 9.13 Å². The molecular weight excluding hydrogens is 312 g/mol. The highest BCUT2D eigenvalue weighted by Crippen LogP contribution is 2.24. The van der Waals surface area contributed by atoms with Crippen LogP contribution in [0.2, 0.25) is 5.02 Å². The molecule has 0 saturated carbocycles. The maximum atomic E-state index is 5.90. The van der Waals surface area contributed by atoms with Gasteiger partial charge in [0.15, 0.2) is 0 Å². The normalized spacial score (nSPS) is 22.3. The van der Waals surface area contributed by atoms with Gasteiger partial charge in [-0.05, 0) is 40.3 Å². The Morgan fingerprint density at radius 2 is 2.36 bits per heavy atom. The van der Waals surface area contributed by atoms with Gasteiger partial charge in [0.1, 0.15) is 0 Å². The van der Waals surface area contributed by atoms with Gasteiger partial charge in [0.2, 0.25) is 0 Å². The van der Waals surface area contributed by atoms with Gasteiger partial charge in [-0.2, -0.15) is 0 Å². The number of hydrogen-bond acceptors (Lipinski definition) is 2. The van der Waals surface area contributed by atoms with E-state index in [0.717, 1.165) is 24.8 Å². The number of nitrogens with one attached hydrogen (secondary N) is 1. The van der Waals surface area contributed by atoms with Gasteiger partial charge in [0, 0.05) is 15.1 Å². The monoisotopic (exact) mass is 323 g/mol. The minimum atomic E-state index is 0.313. The zero-order valence-electron chi connectivity index (χ0n) is 7.59. The zero-order chi connectivity index (χ0) is 9.97. The Bertz CT molecular complexity index is 326. The van der Waals surface area contributed by atoms with Gasteiger partial charge < -0.3 is 10.1 Å². The first kappa shape index (κ1) is 10.7. The molecule has 0 bridgehead atoms. The third-order valence-electron chi connectivity index (χ3n) is 2.26. The van der Waals surface area contributed by atoms with Crippen molar-refractivity contribution in [3.8, 4) is 0 Å². The smallest absolute Gasteiger partial charge is 0.0662 e. The summed E-state index contributed by atoms with van der Waals surface area (Å²) in [6.45, 7) is 2.47. The van der Waals surface area contributed by atoms with Crippen molar-refractivity contribution >= 4 is 34.2 Å². The number of ether oxygens (including phenoxy) is 1. The third kappa shape index (κ3) is 2.39. The molecule has 1 aromatic carbocycles. The van der Waals surface area contributed by atoms with Crippen molar-refractivity contribution in [1.29, 1.82) is 0 Å². The number of benzene rings is 1. The van der Waals surface area contributed by atoms with Crippen molar-refractivity contribution in [3.05, 3.63) is 32.4 Å². The molecule has 1 atom stereocenters. The van der Waals surface area contributed by atoms with Crippen molar-refractivity contribution in [1.82, 2.24) is 5.32 Å². The van der Waals surface area contributed by atoms with Crippen LogP contribution in [-0.2, 0) is 4.74 Å². The molecule has 1 heterocycles. The van der Waals surface area contributed by atoms with Gasteiger partial charge in [-0.1, -0.05) is 17.7 Å². The SMILES string of the molecule is Clc1ccc([C@@H]2COCCN2)c(I)c1. The van der Waals surface area contributed by atoms with E-state index in [-0.39, 0.29) is 0 Å². The lowest BCUT2D eigenvalue weighted by molar-refractivity contribution is 0.0766. The molecule has 1 fully saturated rings. The number of hydrogen-bond donors (Lipinski definition) is 1. The lowest BCUT2D eigenvalue weighted by Gasteiger charge is -2.25. The second-order valence-electron chi connectivity index (χ2n) is 3.25. The van der Waals surface area contributed by atoms with E-state index in [4.69, 9.17) is 16.3 Å². The minimum absolute atomic E-state index is 0.313. The summed E-state index contributed by atoms with van der Waals surface area (Å²) in [5, 5.41) is 4.21. The summed E-state index contributed by atoms with van der Waals surface area (Å²) < 4.78 is 6.62. The van der Waals surface area contributed by atoms with Crippen molar-refractivity contribution < 1.29 is 4.74 Å². The van der Waals surface area contributed by atoms with Crippen molar-refractivity contribution in [2.75, 3.05) is 19.8 Å². The summed E-state index contributed by atoms with van der Waals surface area (Å²) >= 11 is 8.21. The summed E-state index contributed by atoms with van der Waals surface area (Å²) in [5.74, 6) is 0. The first-order chi connectivity index (χ1) is 6.77. The standard InChI is InChI=1S/C10H11ClINO/c11-7-1-2-8(9(12)5-7)10-6-14-4-3-13-10/h1-2,5,10,13H,3-4,6H2/t10-/m0/s1. The molecule has 0 spiro atoms. The summed E-state index contributed by atoms with van der Waals surface area (Å²) in [4.78, 5) is 0. The Morgan fingerprint density at radius 1 is 1.50 bits per heavy atom. The lowest BCUT2D eigenvalue weighted by atomic mass is 10.1. The van der Waals surface area contributed by atoms with Crippen LogP contribution in [0.3, 0.4) is 0 Å². The van der Waals surface area contributed by atoms with Gasteiger partial charge in [-0.25, -0.2) is 0 Å². The number of halogens is 2. The predicted octanol–water partition coefficient (Wildman–Crippen LogP) is 2.61. The molecule has 1 saturated heterocycles. The highest BCUT2D eigenvalue weighted by Gasteiger charge is 2.17. The summed E-state index contributed by atoms with van der Waals surface area (Å²) in [6, 6.07) is 6.28. The molecule has 4 heteroatoms. The van der Waals surface area contributed by atoms with E-state index < -0.39 is 0 Å². The van der Waals surface area contributed by atoms with Gasteiger partial charge >= 0.3 is 0 Å². The van der Waals surface area contributed by atoms with Crippen LogP contribution in [0.15, 0.2) is 18.2 Å². The molecule has 1 aromatic rings. The van der Waals surface area contributed by atoms with Gasteiger partial charge in [-0.15, -0.1) is 0 Å². The maximum absolute atomic E-state index is 5.90. The molecule has 0 unspecified atom stereocenters. The summed E-state index contributed by atoms with van der Waals surface area (Å²) in [7, 11) is 0. The van der Waals surface area contributed by atoms with Crippen LogP contribution < -0.4 is 5.32 Å². The van der Waals surface area contributed by atoms with Crippen molar-refractivity contribution in [2.24, 2.45) is 0 Å². The van der Waals surface area contributed by atoms with Crippen LogP contribution in [0.25, 0.3) is 0 Å². The third-order valence-corrected chi connectivity index (χ3v) is 3.43. The first-order valence-corrected chi connectivity index (χ1v) is 5.99. The maximum Gasteiger partial charge on any atom is 0.0662 e. The van der Waals surface area contributed by atoms with Crippen LogP contribution >= 0.6 is 34.2 Å². The largest absolute Gasteiger partial charge is 0.378 e. The van der Waals surface area contributed by atoms with E-state index in [1.807, 2.05) is 12.1 Å². The summed E-state index contributed by atoms with van der Waals surface area (Å²) in [5.41, 5.74) is 1.27. The van der Waals surface area contributed by atoms with Crippen molar-refractivity contribution in [2.45, 2.75) is 6.04 Å². The molecular formula is C10H11ClINO. The fraction of sp³-hybridized carbons (Fsp3) is 0.400. The van der Waals surface area contributed by atoms with Crippen LogP contribution in [0, 0.1) is 3.57 Å². The minimum Gasteiger partial charge on any atom is -0.378 e. The Hall–Kier alpha value is 0.160. The van der Waals surface area contributed by atoms with E-state index in [1.54, 1.807) is 0 Å². The van der Waals surface area contributed by atoms with E-state index in [9.17, 15) is 0 Å². The first-order valence-electron chi connectivity index (χ1n) is 4.53. The Morgan fingerprint density at radius 3 is 3.00 bits per heavy atom. The molecule has 2 rings (SSSR count). The Labute approximate surface area is 102 Å². The van der Waals surface area contributed by atoms with E-state index in [2.05, 4.69) is 34.0 Å². The van der Waals surface area contributed by atoms with Gasteiger partial charge in [-0.3, -0.25) is 0 Å². The molecule has 76 valence electrons. The molecule has 0 aliphatic carbocycles. The van der Waals surface area contributed by atoms with Crippen LogP contribution in [0.1, 0.15) is 11.6 Å². The fourth-order valence-corrected chi connectivity index (χ4v) is 2.80. The Balaban J connectivity index is 2.22. The van der Waals surface area contributed by atoms with Crippen molar-refractivity contribution in [3.63, 3.8) is 0 Å². The van der Waals surface area contributed by atoms with Crippen LogP contribution in [-0.4, -0.2) is 19.8 Å². The number of morpholine rings is 1. The number of rotatable bonds is 1. The van der Waals surface area contributed by atoms with Gasteiger partial charge in [0.05, 0.1) is 19.3 Å². The second kappa shape index (κ2) is 4.79. The average molecular weight is 324 g/mol. The van der Waals surface area contributed by atoms with E-state index in [0.29, 0.717) is 6.04 Å². The molecule has 0 amide bonds. The molecule has 1 aliphatic rings. The molecule has 2 nitrogen and oxygen atoms in total. The van der Waals surface area contributed by atoms with Gasteiger partial charge in [0.25, 0.3) is 0 Å². The highest BCUT2D eigenvalue weighted by atomic mass is 127. The van der Waals surface area contributed by atoms with Crippen LogP contribution in [0.5, 0.6) is 0 Å². The highest BCUT2D eigenvalue weighted by molar-refractivity contribution is 14.1. The second-order valence-corrected chi connectivity index (χ2v) is 4.85. The molecule has 0 radical (unpaired) electrons. The molecule has 0 aromatic heterocycles. The quantitative estimate of drug-likeness (QED) is 0.802. The zero-order valence-corrected chi connectivity index (χ0v) is 10.5. The molecule has 14 heavy (non-hydrogen) atoms. The van der Waals surface area contributed by atoms with Crippen LogP contribution in [0.4, 0.5) is 0 Å². The fourth-order valence-electron chi connectivity index (χ4n) is 1.55. The topological polar surface area (TPSA) is 21.3 Å². The lowest BCUT2D eigenvalue weighted by Crippen LogP contribution is -2.34. The Kier molecular flexibility index (Phi) is 3.65. The molecule has 1 aliphatic heterocycles. The average Bonchev–Trinajstić information content (AvgIpc) is 2.19. The molecule has 1 N–H and O–H groups in total.